The predicted octanol–water partition coefficient (Wildman–Crippen LogP) is 1.02. The molecule has 6 heteroatoms. The van der Waals surface area contributed by atoms with Gasteiger partial charge in [0.1, 0.15) is 6.10 Å². The number of carbonyl (C=O) groups excluding carboxylic acids is 2. The molecule has 120 valence electrons. The topological polar surface area (TPSA) is 73.6 Å². The third-order valence-electron chi connectivity index (χ3n) is 4.32. The Morgan fingerprint density at radius 2 is 1.91 bits per heavy atom. The predicted molar refractivity (Wildman–Crippen MR) is 82.6 cm³/mol. The van der Waals surface area contributed by atoms with Gasteiger partial charge in [0.15, 0.2) is 0 Å². The van der Waals surface area contributed by atoms with Gasteiger partial charge in [0.2, 0.25) is 0 Å². The van der Waals surface area contributed by atoms with Crippen LogP contribution in [0.4, 0.5) is 0 Å². The van der Waals surface area contributed by atoms with Crippen LogP contribution in [-0.2, 0) is 9.53 Å². The molecule has 0 aromatic heterocycles. The molecule has 2 saturated heterocycles. The summed E-state index contributed by atoms with van der Waals surface area (Å²) in [6.45, 7) is 2.73. The molecule has 0 N–H and O–H groups in total. The molecule has 0 radical (unpaired) electrons. The number of amides is 2. The molecular weight excluding hydrogens is 294 g/mol. The SMILES string of the molecule is N#Cc1cccc(C(=O)N2CCN(C(=O)C3CCCO3)CC2)c1. The molecule has 0 bridgehead atoms. The van der Waals surface area contributed by atoms with E-state index in [4.69, 9.17) is 10.00 Å². The summed E-state index contributed by atoms with van der Waals surface area (Å²) in [6, 6.07) is 8.75. The van der Waals surface area contributed by atoms with E-state index >= 15 is 0 Å². The molecule has 1 aromatic rings. The number of nitriles is 1. The lowest BCUT2D eigenvalue weighted by molar-refractivity contribution is -0.142. The van der Waals surface area contributed by atoms with Crippen molar-refractivity contribution in [3.8, 4) is 6.07 Å². The smallest absolute Gasteiger partial charge is 0.254 e. The van der Waals surface area contributed by atoms with Crippen LogP contribution in [0.5, 0.6) is 0 Å². The van der Waals surface area contributed by atoms with Crippen molar-refractivity contribution in [2.75, 3.05) is 32.8 Å². The van der Waals surface area contributed by atoms with E-state index < -0.39 is 0 Å². The Bertz CT molecular complexity index is 639. The van der Waals surface area contributed by atoms with E-state index in [0.29, 0.717) is 43.9 Å². The van der Waals surface area contributed by atoms with E-state index in [1.54, 1.807) is 34.1 Å². The first-order valence-corrected chi connectivity index (χ1v) is 7.89. The molecule has 2 amide bonds. The number of nitrogens with zero attached hydrogens (tertiary/aromatic N) is 3. The molecule has 2 aliphatic rings. The number of rotatable bonds is 2. The first-order chi connectivity index (χ1) is 11.2. The van der Waals surface area contributed by atoms with Crippen LogP contribution >= 0.6 is 0 Å². The third-order valence-corrected chi connectivity index (χ3v) is 4.32. The summed E-state index contributed by atoms with van der Waals surface area (Å²) >= 11 is 0. The summed E-state index contributed by atoms with van der Waals surface area (Å²) < 4.78 is 5.43. The van der Waals surface area contributed by atoms with Gasteiger partial charge in [0.25, 0.3) is 11.8 Å². The highest BCUT2D eigenvalue weighted by atomic mass is 16.5. The Morgan fingerprint density at radius 1 is 1.17 bits per heavy atom. The lowest BCUT2D eigenvalue weighted by atomic mass is 10.1. The van der Waals surface area contributed by atoms with E-state index in [-0.39, 0.29) is 17.9 Å². The molecule has 1 unspecified atom stereocenters. The molecule has 0 saturated carbocycles. The monoisotopic (exact) mass is 313 g/mol. The summed E-state index contributed by atoms with van der Waals surface area (Å²) in [5.41, 5.74) is 0.992. The second-order valence-corrected chi connectivity index (χ2v) is 5.81. The third kappa shape index (κ3) is 3.35. The minimum atomic E-state index is -0.301. The van der Waals surface area contributed by atoms with E-state index in [2.05, 4.69) is 0 Å². The van der Waals surface area contributed by atoms with E-state index in [9.17, 15) is 9.59 Å². The van der Waals surface area contributed by atoms with Gasteiger partial charge in [-0.15, -0.1) is 0 Å². The molecule has 1 aromatic carbocycles. The van der Waals surface area contributed by atoms with Gasteiger partial charge in [-0.2, -0.15) is 5.26 Å². The fraction of sp³-hybridized carbons (Fsp3) is 0.471. The quantitative estimate of drug-likeness (QED) is 0.817. The number of carbonyl (C=O) groups is 2. The maximum Gasteiger partial charge on any atom is 0.254 e. The fourth-order valence-electron chi connectivity index (χ4n) is 3.01. The molecule has 0 spiro atoms. The first-order valence-electron chi connectivity index (χ1n) is 7.89. The molecule has 0 aliphatic carbocycles. The Morgan fingerprint density at radius 3 is 2.57 bits per heavy atom. The molecular formula is C17H19N3O3. The van der Waals surface area contributed by atoms with Crippen LogP contribution in [0.25, 0.3) is 0 Å². The van der Waals surface area contributed by atoms with Crippen LogP contribution in [-0.4, -0.2) is 60.5 Å². The van der Waals surface area contributed by atoms with Crippen molar-refractivity contribution in [2.24, 2.45) is 0 Å². The van der Waals surface area contributed by atoms with Crippen molar-refractivity contribution in [3.05, 3.63) is 35.4 Å². The minimum Gasteiger partial charge on any atom is -0.368 e. The van der Waals surface area contributed by atoms with Gasteiger partial charge in [0, 0.05) is 38.3 Å². The maximum absolute atomic E-state index is 12.5. The van der Waals surface area contributed by atoms with Crippen molar-refractivity contribution in [2.45, 2.75) is 18.9 Å². The Kier molecular flexibility index (Phi) is 4.58. The normalized spacial score (nSPS) is 21.1. The highest BCUT2D eigenvalue weighted by molar-refractivity contribution is 5.94. The van der Waals surface area contributed by atoms with Crippen molar-refractivity contribution in [1.82, 2.24) is 9.80 Å². The van der Waals surface area contributed by atoms with E-state index in [1.165, 1.54) is 0 Å². The lowest BCUT2D eigenvalue weighted by Crippen LogP contribution is -2.52. The van der Waals surface area contributed by atoms with Gasteiger partial charge < -0.3 is 14.5 Å². The van der Waals surface area contributed by atoms with Gasteiger partial charge >= 0.3 is 0 Å². The number of benzene rings is 1. The van der Waals surface area contributed by atoms with Crippen LogP contribution in [0, 0.1) is 11.3 Å². The molecule has 2 fully saturated rings. The molecule has 2 heterocycles. The van der Waals surface area contributed by atoms with Gasteiger partial charge in [-0.25, -0.2) is 0 Å². The molecule has 2 aliphatic heterocycles. The summed E-state index contributed by atoms with van der Waals surface area (Å²) in [5.74, 6) is -0.0487. The van der Waals surface area contributed by atoms with E-state index in [1.807, 2.05) is 6.07 Å². The Balaban J connectivity index is 1.59. The molecule has 23 heavy (non-hydrogen) atoms. The standard InChI is InChI=1S/C17H19N3O3/c18-12-13-3-1-4-14(11-13)16(21)19-6-8-20(9-7-19)17(22)15-5-2-10-23-15/h1,3-4,11,15H,2,5-10H2. The summed E-state index contributed by atoms with van der Waals surface area (Å²) in [7, 11) is 0. The Hall–Kier alpha value is -2.39. The van der Waals surface area contributed by atoms with Gasteiger partial charge in [-0.3, -0.25) is 9.59 Å². The number of ether oxygens (including phenoxy) is 1. The summed E-state index contributed by atoms with van der Waals surface area (Å²) in [5, 5.41) is 8.92. The molecule has 6 nitrogen and oxygen atoms in total. The highest BCUT2D eigenvalue weighted by Crippen LogP contribution is 2.17. The number of hydrogen-bond donors (Lipinski definition) is 0. The van der Waals surface area contributed by atoms with Crippen LogP contribution in [0.2, 0.25) is 0 Å². The second-order valence-electron chi connectivity index (χ2n) is 5.81. The van der Waals surface area contributed by atoms with Crippen molar-refractivity contribution in [1.29, 1.82) is 5.26 Å². The zero-order valence-corrected chi connectivity index (χ0v) is 12.9. The average Bonchev–Trinajstić information content (AvgIpc) is 3.15. The second kappa shape index (κ2) is 6.80. The van der Waals surface area contributed by atoms with Gasteiger partial charge in [-0.1, -0.05) is 6.07 Å². The van der Waals surface area contributed by atoms with Crippen LogP contribution in [0.3, 0.4) is 0 Å². The molecule has 1 atom stereocenters. The van der Waals surface area contributed by atoms with Gasteiger partial charge in [-0.05, 0) is 31.0 Å². The van der Waals surface area contributed by atoms with E-state index in [0.717, 1.165) is 12.8 Å². The summed E-state index contributed by atoms with van der Waals surface area (Å²) in [4.78, 5) is 28.3. The average molecular weight is 313 g/mol. The maximum atomic E-state index is 12.5. The number of piperazine rings is 1. The molecule has 3 rings (SSSR count). The van der Waals surface area contributed by atoms with Crippen LogP contribution in [0.1, 0.15) is 28.8 Å². The zero-order chi connectivity index (χ0) is 16.2. The fourth-order valence-corrected chi connectivity index (χ4v) is 3.01. The largest absolute Gasteiger partial charge is 0.368 e. The van der Waals surface area contributed by atoms with Crippen molar-refractivity contribution >= 4 is 11.8 Å². The number of hydrogen-bond acceptors (Lipinski definition) is 4. The van der Waals surface area contributed by atoms with Crippen molar-refractivity contribution in [3.63, 3.8) is 0 Å². The summed E-state index contributed by atoms with van der Waals surface area (Å²) in [6.07, 6.45) is 1.42. The minimum absolute atomic E-state index is 0.0427. The van der Waals surface area contributed by atoms with Crippen LogP contribution in [0.15, 0.2) is 24.3 Å². The zero-order valence-electron chi connectivity index (χ0n) is 12.9. The van der Waals surface area contributed by atoms with Crippen LogP contribution < -0.4 is 0 Å². The lowest BCUT2D eigenvalue weighted by Gasteiger charge is -2.35. The Labute approximate surface area is 135 Å². The highest BCUT2D eigenvalue weighted by Gasteiger charge is 2.31. The van der Waals surface area contributed by atoms with Gasteiger partial charge in [0.05, 0.1) is 11.6 Å². The first kappa shape index (κ1) is 15.5. The van der Waals surface area contributed by atoms with Crippen molar-refractivity contribution < 1.29 is 14.3 Å².